The van der Waals surface area contributed by atoms with Crippen LogP contribution in [0.5, 0.6) is 0 Å². The topological polar surface area (TPSA) is 33.0 Å². The fourth-order valence-corrected chi connectivity index (χ4v) is 3.90. The van der Waals surface area contributed by atoms with Crippen LogP contribution < -0.4 is 0 Å². The van der Waals surface area contributed by atoms with E-state index in [4.69, 9.17) is 16.3 Å². The molecular weight excluding hydrogens is 318 g/mol. The van der Waals surface area contributed by atoms with Crippen molar-refractivity contribution < 1.29 is 4.74 Å². The van der Waals surface area contributed by atoms with E-state index in [1.165, 1.54) is 11.1 Å². The minimum Gasteiger partial charge on any atom is -0.373 e. The van der Waals surface area contributed by atoms with Crippen LogP contribution in [0.15, 0.2) is 54.6 Å². The van der Waals surface area contributed by atoms with E-state index < -0.39 is 0 Å². The maximum atomic E-state index is 9.47. The summed E-state index contributed by atoms with van der Waals surface area (Å²) in [5.41, 5.74) is 2.11. The number of rotatable bonds is 5. The molecule has 1 aliphatic rings. The van der Waals surface area contributed by atoms with E-state index in [9.17, 15) is 5.26 Å². The van der Waals surface area contributed by atoms with Crippen molar-refractivity contribution in [2.45, 2.75) is 50.2 Å². The van der Waals surface area contributed by atoms with Gasteiger partial charge in [0.1, 0.15) is 0 Å². The van der Waals surface area contributed by atoms with E-state index in [1.807, 2.05) is 30.3 Å². The Morgan fingerprint density at radius 1 is 1.08 bits per heavy atom. The predicted octanol–water partition coefficient (Wildman–Crippen LogP) is 5.65. The molecule has 0 N–H and O–H groups in total. The van der Waals surface area contributed by atoms with Crippen molar-refractivity contribution in [1.82, 2.24) is 0 Å². The average Bonchev–Trinajstić information content (AvgIpc) is 2.62. The predicted molar refractivity (Wildman–Crippen MR) is 96.8 cm³/mol. The third-order valence-electron chi connectivity index (χ3n) is 5.06. The summed E-state index contributed by atoms with van der Waals surface area (Å²) in [6.07, 6.45) is 4.81. The molecular formula is C21H22ClNO. The zero-order valence-electron chi connectivity index (χ0n) is 13.7. The number of nitriles is 1. The summed E-state index contributed by atoms with van der Waals surface area (Å²) < 4.78 is 6.34. The van der Waals surface area contributed by atoms with Gasteiger partial charge >= 0.3 is 0 Å². The van der Waals surface area contributed by atoms with Crippen molar-refractivity contribution in [1.29, 1.82) is 5.26 Å². The summed E-state index contributed by atoms with van der Waals surface area (Å²) in [4.78, 5) is 0. The van der Waals surface area contributed by atoms with Crippen LogP contribution in [-0.2, 0) is 16.8 Å². The van der Waals surface area contributed by atoms with Gasteiger partial charge in [-0.15, -0.1) is 0 Å². The molecule has 24 heavy (non-hydrogen) atoms. The average molecular weight is 340 g/mol. The Kier molecular flexibility index (Phi) is 5.56. The molecule has 2 aromatic carbocycles. The van der Waals surface area contributed by atoms with Crippen molar-refractivity contribution in [3.8, 4) is 6.07 Å². The van der Waals surface area contributed by atoms with Gasteiger partial charge in [0.2, 0.25) is 0 Å². The second kappa shape index (κ2) is 7.83. The Morgan fingerprint density at radius 2 is 1.83 bits per heavy atom. The zero-order valence-corrected chi connectivity index (χ0v) is 14.5. The van der Waals surface area contributed by atoms with Gasteiger partial charge in [0, 0.05) is 16.9 Å². The zero-order chi connectivity index (χ0) is 16.8. The molecule has 124 valence electrons. The molecule has 0 aliphatic heterocycles. The van der Waals surface area contributed by atoms with Gasteiger partial charge in [-0.1, -0.05) is 66.9 Å². The maximum Gasteiger partial charge on any atom is 0.0721 e. The smallest absolute Gasteiger partial charge is 0.0721 e. The summed E-state index contributed by atoms with van der Waals surface area (Å²) in [7, 11) is 0. The maximum absolute atomic E-state index is 9.47. The highest BCUT2D eigenvalue weighted by Gasteiger charge is 2.43. The van der Waals surface area contributed by atoms with Crippen molar-refractivity contribution in [3.63, 3.8) is 0 Å². The summed E-state index contributed by atoms with van der Waals surface area (Å²) in [5.74, 6) is 0. The van der Waals surface area contributed by atoms with Gasteiger partial charge in [0.05, 0.1) is 18.8 Å². The van der Waals surface area contributed by atoms with Crippen LogP contribution in [0.25, 0.3) is 0 Å². The number of ether oxygens (including phenoxy) is 1. The highest BCUT2D eigenvalue weighted by atomic mass is 35.5. The molecule has 1 saturated carbocycles. The number of nitrogens with zero attached hydrogens (tertiary/aromatic N) is 1. The molecule has 0 aromatic heterocycles. The molecule has 3 rings (SSSR count). The van der Waals surface area contributed by atoms with E-state index in [0.29, 0.717) is 13.0 Å². The quantitative estimate of drug-likeness (QED) is 0.705. The molecule has 0 bridgehead atoms. The molecule has 1 fully saturated rings. The van der Waals surface area contributed by atoms with Crippen LogP contribution in [0, 0.1) is 11.3 Å². The van der Waals surface area contributed by atoms with Crippen LogP contribution in [0.4, 0.5) is 0 Å². The van der Waals surface area contributed by atoms with E-state index in [0.717, 1.165) is 30.7 Å². The third kappa shape index (κ3) is 3.64. The first-order valence-corrected chi connectivity index (χ1v) is 8.91. The molecule has 2 nitrogen and oxygen atoms in total. The van der Waals surface area contributed by atoms with Crippen LogP contribution in [0.2, 0.25) is 5.02 Å². The number of halogens is 1. The molecule has 0 spiro atoms. The van der Waals surface area contributed by atoms with E-state index in [-0.39, 0.29) is 11.5 Å². The van der Waals surface area contributed by atoms with Gasteiger partial charge in [-0.3, -0.25) is 0 Å². The first-order valence-electron chi connectivity index (χ1n) is 8.53. The Balaban J connectivity index is 1.86. The Hall–Kier alpha value is -1.82. The molecule has 0 saturated heterocycles. The second-order valence-corrected chi connectivity index (χ2v) is 6.97. The number of benzene rings is 2. The Bertz CT molecular complexity index is 692. The number of hydrogen-bond acceptors (Lipinski definition) is 2. The summed E-state index contributed by atoms with van der Waals surface area (Å²) in [6.45, 7) is 0.590. The fourth-order valence-electron chi connectivity index (χ4n) is 3.78. The van der Waals surface area contributed by atoms with Crippen LogP contribution in [0.3, 0.4) is 0 Å². The molecule has 0 amide bonds. The minimum absolute atomic E-state index is 0.0623. The standard InChI is InChI=1S/C21H22ClNO/c22-19-11-9-18(10-12-19)21(14-15-23)13-5-4-8-20(21)24-16-17-6-2-1-3-7-17/h1-3,6-7,9-12,20H,4-5,8,13-14,16H2/t20?,21-/m0/s1. The molecule has 1 aliphatic carbocycles. The lowest BCUT2D eigenvalue weighted by Crippen LogP contribution is -2.43. The van der Waals surface area contributed by atoms with Crippen molar-refractivity contribution in [2.75, 3.05) is 0 Å². The minimum atomic E-state index is -0.230. The van der Waals surface area contributed by atoms with Crippen molar-refractivity contribution >= 4 is 11.6 Å². The van der Waals surface area contributed by atoms with Gasteiger partial charge in [-0.25, -0.2) is 0 Å². The normalized spacial score (nSPS) is 23.6. The molecule has 2 aromatic rings. The monoisotopic (exact) mass is 339 g/mol. The van der Waals surface area contributed by atoms with Gasteiger partial charge in [-0.2, -0.15) is 5.26 Å². The lowest BCUT2D eigenvalue weighted by atomic mass is 9.65. The largest absolute Gasteiger partial charge is 0.373 e. The molecule has 0 radical (unpaired) electrons. The first kappa shape index (κ1) is 17.0. The van der Waals surface area contributed by atoms with Gasteiger partial charge in [0.25, 0.3) is 0 Å². The highest BCUT2D eigenvalue weighted by molar-refractivity contribution is 6.30. The molecule has 1 unspecified atom stereocenters. The van der Waals surface area contributed by atoms with Crippen molar-refractivity contribution in [2.24, 2.45) is 0 Å². The number of hydrogen-bond donors (Lipinski definition) is 0. The highest BCUT2D eigenvalue weighted by Crippen LogP contribution is 2.44. The van der Waals surface area contributed by atoms with Crippen molar-refractivity contribution in [3.05, 3.63) is 70.7 Å². The van der Waals surface area contributed by atoms with Gasteiger partial charge in [-0.05, 0) is 36.1 Å². The third-order valence-corrected chi connectivity index (χ3v) is 5.32. The lowest BCUT2D eigenvalue weighted by molar-refractivity contribution is -0.0379. The van der Waals surface area contributed by atoms with Gasteiger partial charge < -0.3 is 4.74 Å². The molecule has 2 atom stereocenters. The Morgan fingerprint density at radius 3 is 2.54 bits per heavy atom. The molecule has 3 heteroatoms. The second-order valence-electron chi connectivity index (χ2n) is 6.53. The lowest BCUT2D eigenvalue weighted by Gasteiger charge is -2.43. The van der Waals surface area contributed by atoms with E-state index in [2.05, 4.69) is 30.3 Å². The van der Waals surface area contributed by atoms with E-state index >= 15 is 0 Å². The van der Waals surface area contributed by atoms with Crippen LogP contribution in [-0.4, -0.2) is 6.10 Å². The summed E-state index contributed by atoms with van der Waals surface area (Å²) in [5, 5.41) is 10.2. The van der Waals surface area contributed by atoms with E-state index in [1.54, 1.807) is 0 Å². The Labute approximate surface area is 149 Å². The summed E-state index contributed by atoms with van der Waals surface area (Å²) >= 11 is 6.05. The first-order chi connectivity index (χ1) is 11.7. The van der Waals surface area contributed by atoms with Crippen LogP contribution >= 0.6 is 11.6 Å². The molecule has 0 heterocycles. The van der Waals surface area contributed by atoms with Crippen LogP contribution in [0.1, 0.15) is 43.2 Å². The SMILES string of the molecule is N#CC[C@]1(c2ccc(Cl)cc2)CCCCC1OCc1ccccc1. The summed E-state index contributed by atoms with van der Waals surface area (Å²) in [6, 6.07) is 20.6. The van der Waals surface area contributed by atoms with Gasteiger partial charge in [0.15, 0.2) is 0 Å². The fraction of sp³-hybridized carbons (Fsp3) is 0.381.